The lowest BCUT2D eigenvalue weighted by atomic mass is 9.99. The van der Waals surface area contributed by atoms with Crippen LogP contribution in [0.25, 0.3) is 22.2 Å². The molecule has 1 amide bonds. The van der Waals surface area contributed by atoms with Gasteiger partial charge in [-0.2, -0.15) is 0 Å². The number of H-pyrrole nitrogens is 1. The number of nitrogens with one attached hydrogen (secondary N) is 2. The van der Waals surface area contributed by atoms with Gasteiger partial charge in [0.05, 0.1) is 5.52 Å². The molecule has 6 nitrogen and oxygen atoms in total. The molecule has 4 rings (SSSR count). The van der Waals surface area contributed by atoms with Gasteiger partial charge in [0.25, 0.3) is 0 Å². The molecule has 1 aliphatic rings. The Labute approximate surface area is 139 Å². The van der Waals surface area contributed by atoms with Gasteiger partial charge < -0.3 is 15.0 Å². The zero-order valence-corrected chi connectivity index (χ0v) is 13.2. The zero-order valence-electron chi connectivity index (χ0n) is 13.2. The van der Waals surface area contributed by atoms with E-state index in [1.54, 1.807) is 18.6 Å². The quantitative estimate of drug-likeness (QED) is 0.777. The van der Waals surface area contributed by atoms with E-state index in [9.17, 15) is 4.79 Å². The molecule has 6 heteroatoms. The average molecular weight is 322 g/mol. The van der Waals surface area contributed by atoms with Crippen molar-refractivity contribution in [2.45, 2.75) is 12.8 Å². The fraction of sp³-hybridized carbons (Fsp3) is 0.278. The van der Waals surface area contributed by atoms with Crippen molar-refractivity contribution in [3.05, 3.63) is 42.9 Å². The smallest absolute Gasteiger partial charge is 0.228 e. The van der Waals surface area contributed by atoms with E-state index >= 15 is 0 Å². The number of rotatable bonds is 3. The third kappa shape index (κ3) is 3.00. The Morgan fingerprint density at radius 1 is 1.21 bits per heavy atom. The Balaban J connectivity index is 1.56. The Hall–Kier alpha value is -2.73. The SMILES string of the molecule is O=C(Nc1cc2[nH]c(-c3ccncc3)cc2cn1)C1CCOCC1. The van der Waals surface area contributed by atoms with Gasteiger partial charge in [0, 0.05) is 60.4 Å². The Bertz CT molecular complexity index is 854. The average Bonchev–Trinajstić information content (AvgIpc) is 3.06. The van der Waals surface area contributed by atoms with Crippen LogP contribution in [0.5, 0.6) is 0 Å². The standard InChI is InChI=1S/C18H18N4O2/c23-18(13-3-7-24-8-4-13)22-17-10-16-14(11-20-17)9-15(21-16)12-1-5-19-6-2-12/h1-2,5-6,9-11,13,21H,3-4,7-8H2,(H,20,22,23). The van der Waals surface area contributed by atoms with Crippen LogP contribution in [0.2, 0.25) is 0 Å². The molecule has 1 fully saturated rings. The number of carbonyl (C=O) groups is 1. The molecule has 0 radical (unpaired) electrons. The van der Waals surface area contributed by atoms with E-state index in [1.165, 1.54) is 0 Å². The number of aromatic amines is 1. The maximum Gasteiger partial charge on any atom is 0.228 e. The van der Waals surface area contributed by atoms with Crippen molar-refractivity contribution < 1.29 is 9.53 Å². The van der Waals surface area contributed by atoms with E-state index < -0.39 is 0 Å². The van der Waals surface area contributed by atoms with Crippen molar-refractivity contribution >= 4 is 22.6 Å². The second-order valence-corrected chi connectivity index (χ2v) is 5.95. The summed E-state index contributed by atoms with van der Waals surface area (Å²) < 4.78 is 5.30. The molecule has 0 unspecified atom stereocenters. The minimum Gasteiger partial charge on any atom is -0.381 e. The molecule has 1 saturated heterocycles. The van der Waals surface area contributed by atoms with E-state index in [2.05, 4.69) is 20.3 Å². The molecule has 3 aromatic heterocycles. The van der Waals surface area contributed by atoms with Gasteiger partial charge in [0.1, 0.15) is 5.82 Å². The fourth-order valence-corrected chi connectivity index (χ4v) is 2.97. The van der Waals surface area contributed by atoms with Gasteiger partial charge in [-0.15, -0.1) is 0 Å². The number of hydrogen-bond acceptors (Lipinski definition) is 4. The van der Waals surface area contributed by atoms with Crippen LogP contribution in [-0.2, 0) is 9.53 Å². The molecule has 0 spiro atoms. The highest BCUT2D eigenvalue weighted by atomic mass is 16.5. The lowest BCUT2D eigenvalue weighted by Crippen LogP contribution is -2.28. The summed E-state index contributed by atoms with van der Waals surface area (Å²) >= 11 is 0. The minimum atomic E-state index is 0.00673. The first-order valence-electron chi connectivity index (χ1n) is 8.07. The molecule has 4 heterocycles. The van der Waals surface area contributed by atoms with Gasteiger partial charge in [-0.1, -0.05) is 0 Å². The van der Waals surface area contributed by atoms with Gasteiger partial charge >= 0.3 is 0 Å². The van der Waals surface area contributed by atoms with Gasteiger partial charge in [-0.05, 0) is 31.0 Å². The Morgan fingerprint density at radius 2 is 2.00 bits per heavy atom. The first-order valence-corrected chi connectivity index (χ1v) is 8.07. The predicted molar refractivity (Wildman–Crippen MR) is 91.5 cm³/mol. The van der Waals surface area contributed by atoms with Crippen LogP contribution in [0.3, 0.4) is 0 Å². The number of amides is 1. The van der Waals surface area contributed by atoms with Crippen LogP contribution < -0.4 is 5.32 Å². The highest BCUT2D eigenvalue weighted by Gasteiger charge is 2.21. The summed E-state index contributed by atoms with van der Waals surface area (Å²) in [5.41, 5.74) is 3.01. The summed E-state index contributed by atoms with van der Waals surface area (Å²) in [5, 5.41) is 3.92. The zero-order chi connectivity index (χ0) is 16.4. The lowest BCUT2D eigenvalue weighted by Gasteiger charge is -2.20. The normalized spacial score (nSPS) is 15.5. The summed E-state index contributed by atoms with van der Waals surface area (Å²) in [6.07, 6.45) is 6.83. The second kappa shape index (κ2) is 6.41. The predicted octanol–water partition coefficient (Wildman–Crippen LogP) is 2.99. The van der Waals surface area contributed by atoms with Crippen molar-refractivity contribution in [1.82, 2.24) is 15.0 Å². The number of anilines is 1. The monoisotopic (exact) mass is 322 g/mol. The largest absolute Gasteiger partial charge is 0.381 e. The third-order valence-electron chi connectivity index (χ3n) is 4.34. The van der Waals surface area contributed by atoms with Crippen LogP contribution in [-0.4, -0.2) is 34.1 Å². The first kappa shape index (κ1) is 14.8. The molecule has 0 atom stereocenters. The summed E-state index contributed by atoms with van der Waals surface area (Å²) in [6, 6.07) is 7.82. The summed E-state index contributed by atoms with van der Waals surface area (Å²) in [5.74, 6) is 0.598. The summed E-state index contributed by atoms with van der Waals surface area (Å²) in [4.78, 5) is 24.1. The van der Waals surface area contributed by atoms with Crippen molar-refractivity contribution in [3.8, 4) is 11.3 Å². The number of ether oxygens (including phenoxy) is 1. The molecule has 0 aliphatic carbocycles. The molecule has 0 aromatic carbocycles. The number of carbonyl (C=O) groups excluding carboxylic acids is 1. The maximum absolute atomic E-state index is 12.3. The fourth-order valence-electron chi connectivity index (χ4n) is 2.97. The minimum absolute atomic E-state index is 0.00673. The molecule has 1 aliphatic heterocycles. The molecule has 0 saturated carbocycles. The molecular weight excluding hydrogens is 304 g/mol. The van der Waals surface area contributed by atoms with Crippen LogP contribution in [0.15, 0.2) is 42.9 Å². The van der Waals surface area contributed by atoms with E-state index in [0.29, 0.717) is 19.0 Å². The van der Waals surface area contributed by atoms with Gasteiger partial charge in [-0.25, -0.2) is 4.98 Å². The van der Waals surface area contributed by atoms with Crippen molar-refractivity contribution in [3.63, 3.8) is 0 Å². The number of fused-ring (bicyclic) bond motifs is 1. The molecule has 24 heavy (non-hydrogen) atoms. The summed E-state index contributed by atoms with van der Waals surface area (Å²) in [7, 11) is 0. The van der Waals surface area contributed by atoms with E-state index in [4.69, 9.17) is 4.74 Å². The van der Waals surface area contributed by atoms with E-state index in [-0.39, 0.29) is 11.8 Å². The molecular formula is C18H18N4O2. The highest BCUT2D eigenvalue weighted by Crippen LogP contribution is 2.25. The topological polar surface area (TPSA) is 79.9 Å². The number of aromatic nitrogens is 3. The summed E-state index contributed by atoms with van der Waals surface area (Å²) in [6.45, 7) is 1.30. The number of pyridine rings is 2. The van der Waals surface area contributed by atoms with E-state index in [1.807, 2.05) is 24.3 Å². The lowest BCUT2D eigenvalue weighted by molar-refractivity contribution is -0.122. The van der Waals surface area contributed by atoms with Gasteiger partial charge in [0.15, 0.2) is 0 Å². The first-order chi connectivity index (χ1) is 11.8. The molecule has 0 bridgehead atoms. The van der Waals surface area contributed by atoms with Crippen molar-refractivity contribution in [1.29, 1.82) is 0 Å². The number of nitrogens with zero attached hydrogens (tertiary/aromatic N) is 2. The number of hydrogen-bond donors (Lipinski definition) is 2. The Kier molecular flexibility index (Phi) is 3.96. The third-order valence-corrected chi connectivity index (χ3v) is 4.34. The maximum atomic E-state index is 12.3. The van der Waals surface area contributed by atoms with Crippen LogP contribution in [0.4, 0.5) is 5.82 Å². The van der Waals surface area contributed by atoms with Crippen molar-refractivity contribution in [2.24, 2.45) is 5.92 Å². The molecule has 3 aromatic rings. The van der Waals surface area contributed by atoms with Crippen LogP contribution in [0.1, 0.15) is 12.8 Å². The molecule has 122 valence electrons. The van der Waals surface area contributed by atoms with Crippen LogP contribution >= 0.6 is 0 Å². The molecule has 2 N–H and O–H groups in total. The van der Waals surface area contributed by atoms with Gasteiger partial charge in [0.2, 0.25) is 5.91 Å². The Morgan fingerprint density at radius 3 is 2.79 bits per heavy atom. The highest BCUT2D eigenvalue weighted by molar-refractivity contribution is 5.94. The van der Waals surface area contributed by atoms with Gasteiger partial charge in [-0.3, -0.25) is 9.78 Å². The van der Waals surface area contributed by atoms with Crippen LogP contribution in [0, 0.1) is 5.92 Å². The van der Waals surface area contributed by atoms with Crippen molar-refractivity contribution in [2.75, 3.05) is 18.5 Å². The van der Waals surface area contributed by atoms with E-state index in [0.717, 1.165) is 35.0 Å². The second-order valence-electron chi connectivity index (χ2n) is 5.95.